The number of allylic oxidation sites excluding steroid dienone is 4. The van der Waals surface area contributed by atoms with Gasteiger partial charge in [0.15, 0.2) is 6.10 Å². The summed E-state index contributed by atoms with van der Waals surface area (Å²) in [6, 6.07) is 0. The van der Waals surface area contributed by atoms with Crippen LogP contribution in [0.2, 0.25) is 0 Å². The van der Waals surface area contributed by atoms with Crippen LogP contribution in [0.25, 0.3) is 0 Å². The second kappa shape index (κ2) is 34.9. The number of hydrogen-bond acceptors (Lipinski definition) is 5. The lowest BCUT2D eigenvalue weighted by Crippen LogP contribution is -2.29. The van der Waals surface area contributed by atoms with Crippen molar-refractivity contribution >= 4 is 11.9 Å². The summed E-state index contributed by atoms with van der Waals surface area (Å²) < 4.78 is 16.1. The number of hydrogen-bond donors (Lipinski definition) is 0. The van der Waals surface area contributed by atoms with Crippen molar-refractivity contribution in [1.29, 1.82) is 0 Å². The highest BCUT2D eigenvalue weighted by atomic mass is 16.6. The Labute approximate surface area is 267 Å². The van der Waals surface area contributed by atoms with Crippen molar-refractivity contribution in [2.75, 3.05) is 20.3 Å². The molecule has 0 N–H and O–H groups in total. The Balaban J connectivity index is 3.69. The van der Waals surface area contributed by atoms with Crippen LogP contribution in [0, 0.1) is 0 Å². The summed E-state index contributed by atoms with van der Waals surface area (Å²) in [5, 5.41) is 0. The smallest absolute Gasteiger partial charge is 0.306 e. The van der Waals surface area contributed by atoms with Gasteiger partial charge in [0, 0.05) is 20.0 Å². The highest BCUT2D eigenvalue weighted by Crippen LogP contribution is 2.14. The van der Waals surface area contributed by atoms with E-state index in [4.69, 9.17) is 14.2 Å². The molecule has 0 aromatic carbocycles. The minimum atomic E-state index is -0.536. The molecule has 1 atom stereocenters. The van der Waals surface area contributed by atoms with Gasteiger partial charge >= 0.3 is 11.9 Å². The number of unbranched alkanes of at least 4 members (excludes halogenated alkanes) is 20. The van der Waals surface area contributed by atoms with Crippen molar-refractivity contribution in [1.82, 2.24) is 0 Å². The Morgan fingerprint density at radius 1 is 0.512 bits per heavy atom. The minimum Gasteiger partial charge on any atom is -0.462 e. The van der Waals surface area contributed by atoms with Gasteiger partial charge in [-0.15, -0.1) is 0 Å². The molecule has 0 bridgehead atoms. The van der Waals surface area contributed by atoms with Gasteiger partial charge in [0.25, 0.3) is 0 Å². The molecule has 0 spiro atoms. The molecule has 0 saturated heterocycles. The predicted molar refractivity (Wildman–Crippen MR) is 182 cm³/mol. The summed E-state index contributed by atoms with van der Waals surface area (Å²) in [5.74, 6) is -0.450. The van der Waals surface area contributed by atoms with Crippen LogP contribution in [0.1, 0.15) is 181 Å². The lowest BCUT2D eigenvalue weighted by atomic mass is 10.0. The molecule has 1 unspecified atom stereocenters. The second-order valence-corrected chi connectivity index (χ2v) is 12.2. The summed E-state index contributed by atoms with van der Waals surface area (Å²) in [7, 11) is 1.57. The van der Waals surface area contributed by atoms with E-state index in [1.165, 1.54) is 109 Å². The van der Waals surface area contributed by atoms with Crippen molar-refractivity contribution in [2.45, 2.75) is 187 Å². The average Bonchev–Trinajstić information content (AvgIpc) is 3.00. The summed E-state index contributed by atoms with van der Waals surface area (Å²) in [6.07, 6.45) is 38.7. The van der Waals surface area contributed by atoms with Crippen molar-refractivity contribution < 1.29 is 23.8 Å². The van der Waals surface area contributed by atoms with Gasteiger partial charge in [-0.05, 0) is 44.9 Å². The molecule has 0 saturated carbocycles. The fraction of sp³-hybridized carbons (Fsp3) is 0.842. The van der Waals surface area contributed by atoms with Crippen molar-refractivity contribution in [2.24, 2.45) is 0 Å². The minimum absolute atomic E-state index is 0.0685. The molecule has 0 heterocycles. The maximum absolute atomic E-state index is 12.3. The van der Waals surface area contributed by atoms with E-state index in [0.717, 1.165) is 44.9 Å². The molecule has 5 heteroatoms. The van der Waals surface area contributed by atoms with E-state index >= 15 is 0 Å². The molecule has 0 aromatic rings. The molecular weight excluding hydrogens is 536 g/mol. The highest BCUT2D eigenvalue weighted by molar-refractivity contribution is 5.70. The molecule has 0 rings (SSSR count). The Hall–Kier alpha value is -1.62. The summed E-state index contributed by atoms with van der Waals surface area (Å²) in [5.41, 5.74) is 0. The second-order valence-electron chi connectivity index (χ2n) is 12.2. The molecule has 5 nitrogen and oxygen atoms in total. The topological polar surface area (TPSA) is 61.8 Å². The maximum atomic E-state index is 12.3. The van der Waals surface area contributed by atoms with Gasteiger partial charge in [0.05, 0.1) is 6.61 Å². The van der Waals surface area contributed by atoms with E-state index in [9.17, 15) is 9.59 Å². The van der Waals surface area contributed by atoms with Crippen molar-refractivity contribution in [3.05, 3.63) is 24.3 Å². The number of esters is 2. The Morgan fingerprint density at radius 3 is 1.44 bits per heavy atom. The molecule has 0 aliphatic heterocycles. The molecule has 0 aromatic heterocycles. The van der Waals surface area contributed by atoms with Gasteiger partial charge in [-0.25, -0.2) is 0 Å². The molecule has 252 valence electrons. The van der Waals surface area contributed by atoms with E-state index in [-0.39, 0.29) is 25.2 Å². The lowest BCUT2D eigenvalue weighted by Gasteiger charge is -2.17. The number of methoxy groups -OCH3 is 1. The third kappa shape index (κ3) is 33.1. The van der Waals surface area contributed by atoms with Crippen LogP contribution in [0.3, 0.4) is 0 Å². The van der Waals surface area contributed by atoms with Gasteiger partial charge < -0.3 is 14.2 Å². The van der Waals surface area contributed by atoms with Crippen LogP contribution in [-0.2, 0) is 23.8 Å². The normalized spacial score (nSPS) is 12.3. The SMILES string of the molecule is CCCCC/C=C/C/C=C/CCCCCCCC(=O)OC(COC)COC(=O)CCCCCCCCCCCCCCC. The maximum Gasteiger partial charge on any atom is 0.306 e. The van der Waals surface area contributed by atoms with Crippen LogP contribution in [0.5, 0.6) is 0 Å². The molecule has 43 heavy (non-hydrogen) atoms. The molecule has 0 aliphatic rings. The first kappa shape index (κ1) is 41.4. The quantitative estimate of drug-likeness (QED) is 0.0422. The summed E-state index contributed by atoms with van der Waals surface area (Å²) in [6.45, 7) is 4.81. The molecular formula is C38H70O5. The third-order valence-electron chi connectivity index (χ3n) is 7.90. The van der Waals surface area contributed by atoms with Crippen molar-refractivity contribution in [3.63, 3.8) is 0 Å². The summed E-state index contributed by atoms with van der Waals surface area (Å²) >= 11 is 0. The Bertz CT molecular complexity index is 657. The zero-order valence-electron chi connectivity index (χ0n) is 28.7. The molecule has 0 aliphatic carbocycles. The Morgan fingerprint density at radius 2 is 0.930 bits per heavy atom. The molecule has 0 fully saturated rings. The zero-order chi connectivity index (χ0) is 31.5. The van der Waals surface area contributed by atoms with Gasteiger partial charge in [-0.3, -0.25) is 9.59 Å². The van der Waals surface area contributed by atoms with Crippen LogP contribution in [0.4, 0.5) is 0 Å². The number of rotatable bonds is 33. The monoisotopic (exact) mass is 607 g/mol. The van der Waals surface area contributed by atoms with Crippen LogP contribution in [0.15, 0.2) is 24.3 Å². The van der Waals surface area contributed by atoms with E-state index in [2.05, 4.69) is 38.2 Å². The number of ether oxygens (including phenoxy) is 3. The molecule has 0 amide bonds. The number of carbonyl (C=O) groups excluding carboxylic acids is 2. The first-order valence-electron chi connectivity index (χ1n) is 18.3. The highest BCUT2D eigenvalue weighted by Gasteiger charge is 2.17. The fourth-order valence-corrected chi connectivity index (χ4v) is 5.17. The van der Waals surface area contributed by atoms with Gasteiger partial charge in [-0.2, -0.15) is 0 Å². The molecule has 0 radical (unpaired) electrons. The third-order valence-corrected chi connectivity index (χ3v) is 7.90. The fourth-order valence-electron chi connectivity index (χ4n) is 5.17. The van der Waals surface area contributed by atoms with Gasteiger partial charge in [-0.1, -0.05) is 147 Å². The predicted octanol–water partition coefficient (Wildman–Crippen LogP) is 11.4. The van der Waals surface area contributed by atoms with Gasteiger partial charge in [0.2, 0.25) is 0 Å². The standard InChI is InChI=1S/C38H70O5/c1-4-6-8-10-12-14-16-18-19-21-23-25-27-29-31-33-38(40)43-36(34-41-3)35-42-37(39)32-30-28-26-24-22-20-17-15-13-11-9-7-5-2/h12,14,18-19,36H,4-11,13,15-17,20-35H2,1-3H3/b14-12+,19-18+. The van der Waals surface area contributed by atoms with Gasteiger partial charge in [0.1, 0.15) is 6.61 Å². The van der Waals surface area contributed by atoms with Crippen LogP contribution in [-0.4, -0.2) is 38.4 Å². The Kier molecular flexibility index (Phi) is 33.6. The zero-order valence-corrected chi connectivity index (χ0v) is 28.7. The largest absolute Gasteiger partial charge is 0.462 e. The van der Waals surface area contributed by atoms with Crippen molar-refractivity contribution in [3.8, 4) is 0 Å². The summed E-state index contributed by atoms with van der Waals surface area (Å²) in [4.78, 5) is 24.4. The van der Waals surface area contributed by atoms with Crippen LogP contribution < -0.4 is 0 Å². The van der Waals surface area contributed by atoms with E-state index in [1.807, 2.05) is 0 Å². The van der Waals surface area contributed by atoms with Crippen LogP contribution >= 0.6 is 0 Å². The number of carbonyl (C=O) groups is 2. The first-order valence-corrected chi connectivity index (χ1v) is 18.3. The van der Waals surface area contributed by atoms with E-state index in [0.29, 0.717) is 12.8 Å². The lowest BCUT2D eigenvalue weighted by molar-refractivity contribution is -0.162. The van der Waals surface area contributed by atoms with E-state index in [1.54, 1.807) is 7.11 Å². The average molecular weight is 607 g/mol. The first-order chi connectivity index (χ1) is 21.1. The van der Waals surface area contributed by atoms with E-state index < -0.39 is 6.10 Å².